The average Bonchev–Trinajstić information content (AvgIpc) is 1.97. The molecule has 0 rings (SSSR count). The number of hydrogen-bond acceptors (Lipinski definition) is 5. The van der Waals surface area contributed by atoms with E-state index in [4.69, 9.17) is 0 Å². The van der Waals surface area contributed by atoms with Crippen molar-refractivity contribution in [3.8, 4) is 0 Å². The normalized spacial score (nSPS) is 15.6. The summed E-state index contributed by atoms with van der Waals surface area (Å²) in [6.07, 6.45) is -0.267. The fourth-order valence-electron chi connectivity index (χ4n) is 0.668. The maximum atomic E-state index is 9.32. The molecule has 0 aliphatic heterocycles. The molecule has 0 atom stereocenters. The quantitative estimate of drug-likeness (QED) is 0.506. The van der Waals surface area contributed by atoms with Crippen molar-refractivity contribution in [1.82, 2.24) is 0 Å². The van der Waals surface area contributed by atoms with Gasteiger partial charge in [0.1, 0.15) is 0 Å². The molecule has 0 aliphatic rings. The summed E-state index contributed by atoms with van der Waals surface area (Å²) in [6.45, 7) is 0.260. The van der Waals surface area contributed by atoms with Gasteiger partial charge < -0.3 is 0 Å². The van der Waals surface area contributed by atoms with E-state index in [0.717, 1.165) is 0 Å². The van der Waals surface area contributed by atoms with E-state index in [1.165, 1.54) is 14.2 Å². The first kappa shape index (κ1) is 12.2. The Bertz CT molecular complexity index is 118. The molecule has 0 aromatic carbocycles. The second kappa shape index (κ2) is 4.46. The molecule has 5 nitrogen and oxygen atoms in total. The van der Waals surface area contributed by atoms with Crippen molar-refractivity contribution in [1.29, 1.82) is 0 Å². The fourth-order valence-corrected chi connectivity index (χ4v) is 2.01. The molecule has 76 valence electrons. The van der Waals surface area contributed by atoms with E-state index >= 15 is 0 Å². The molecule has 0 saturated carbocycles. The first-order chi connectivity index (χ1) is 5.39. The van der Waals surface area contributed by atoms with Crippen LogP contribution in [0.1, 0.15) is 0 Å². The number of methoxy groups -OCH3 is 2. The van der Waals surface area contributed by atoms with E-state index in [2.05, 4.69) is 9.47 Å². The third kappa shape index (κ3) is 5.83. The summed E-state index contributed by atoms with van der Waals surface area (Å²) in [6, 6.07) is 0. The van der Waals surface area contributed by atoms with Crippen LogP contribution in [0.5, 0.6) is 0 Å². The summed E-state index contributed by atoms with van der Waals surface area (Å²) in [7, 11) is -1.59. The molecule has 12 heavy (non-hydrogen) atoms. The predicted octanol–water partition coefficient (Wildman–Crippen LogP) is -0.446. The maximum absolute atomic E-state index is 9.32. The summed E-state index contributed by atoms with van der Waals surface area (Å²) < 4.78 is 9.27. The first-order valence-electron chi connectivity index (χ1n) is 3.63. The van der Waals surface area contributed by atoms with Crippen LogP contribution >= 0.6 is 7.28 Å². The average molecular weight is 200 g/mol. The Morgan fingerprint density at radius 3 is 1.50 bits per heavy atom. The second-order valence-corrected chi connectivity index (χ2v) is 6.35. The zero-order chi connectivity index (χ0) is 9.69. The molecule has 0 spiro atoms. The van der Waals surface area contributed by atoms with Gasteiger partial charge in [0.25, 0.3) is 0 Å². The van der Waals surface area contributed by atoms with Crippen molar-refractivity contribution in [2.24, 2.45) is 0 Å². The van der Waals surface area contributed by atoms with Crippen molar-refractivity contribution in [2.75, 3.05) is 39.8 Å². The summed E-state index contributed by atoms with van der Waals surface area (Å²) in [5, 5.41) is 0. The van der Waals surface area contributed by atoms with Crippen LogP contribution in [0.2, 0.25) is 0 Å². The molecule has 0 fully saturated rings. The zero-order valence-corrected chi connectivity index (χ0v) is 8.33. The second-order valence-electron chi connectivity index (χ2n) is 2.77. The molecular formula is C6H17O5P. The number of ether oxygens (including phenoxy) is 2. The first-order valence-corrected chi connectivity index (χ1v) is 6.09. The molecule has 0 bridgehead atoms. The molecule has 0 amide bonds. The van der Waals surface area contributed by atoms with Crippen molar-refractivity contribution in [3.05, 3.63) is 0 Å². The molecular weight excluding hydrogens is 183 g/mol. The Morgan fingerprint density at radius 2 is 1.25 bits per heavy atom. The van der Waals surface area contributed by atoms with E-state index in [-0.39, 0.29) is 25.5 Å². The van der Waals surface area contributed by atoms with Crippen molar-refractivity contribution < 1.29 is 24.2 Å². The third-order valence-corrected chi connectivity index (χ3v) is 3.70. The van der Waals surface area contributed by atoms with E-state index in [1.54, 1.807) is 0 Å². The third-order valence-electron chi connectivity index (χ3n) is 1.51. The fraction of sp³-hybridized carbons (Fsp3) is 1.00. The van der Waals surface area contributed by atoms with E-state index in [0.29, 0.717) is 0 Å². The van der Waals surface area contributed by atoms with Gasteiger partial charge in [-0.2, -0.15) is 0 Å². The van der Waals surface area contributed by atoms with Crippen molar-refractivity contribution in [3.63, 3.8) is 0 Å². The van der Waals surface area contributed by atoms with Crippen LogP contribution in [-0.4, -0.2) is 54.4 Å². The van der Waals surface area contributed by atoms with Gasteiger partial charge >= 0.3 is 71.2 Å². The summed E-state index contributed by atoms with van der Waals surface area (Å²) in [5.74, 6) is 0. The number of hydrogen-bond donors (Lipinski definition) is 3. The van der Waals surface area contributed by atoms with Gasteiger partial charge in [-0.05, 0) is 0 Å². The Morgan fingerprint density at radius 1 is 0.917 bits per heavy atom. The topological polar surface area (TPSA) is 79.2 Å². The van der Waals surface area contributed by atoms with Gasteiger partial charge in [0, 0.05) is 0 Å². The van der Waals surface area contributed by atoms with Crippen LogP contribution in [0.3, 0.4) is 0 Å². The summed E-state index contributed by atoms with van der Waals surface area (Å²) in [5.41, 5.74) is 0. The van der Waals surface area contributed by atoms with Gasteiger partial charge in [-0.1, -0.05) is 0 Å². The zero-order valence-electron chi connectivity index (χ0n) is 7.43. The summed E-state index contributed by atoms with van der Waals surface area (Å²) in [4.78, 5) is 28.0. The van der Waals surface area contributed by atoms with Gasteiger partial charge in [-0.3, -0.25) is 0 Å². The molecule has 0 heterocycles. The Kier molecular flexibility index (Phi) is 4.55. The number of rotatable bonds is 6. The van der Waals surface area contributed by atoms with Gasteiger partial charge in [-0.15, -0.1) is 0 Å². The van der Waals surface area contributed by atoms with Crippen LogP contribution in [0.15, 0.2) is 0 Å². The van der Waals surface area contributed by atoms with E-state index < -0.39 is 7.28 Å². The van der Waals surface area contributed by atoms with Crippen molar-refractivity contribution >= 4 is 7.28 Å². The molecule has 6 heteroatoms. The van der Waals surface area contributed by atoms with Gasteiger partial charge in [0.05, 0.1) is 0 Å². The van der Waals surface area contributed by atoms with Gasteiger partial charge in [0.2, 0.25) is 0 Å². The molecule has 3 N–H and O–H groups in total. The molecule has 0 radical (unpaired) electrons. The van der Waals surface area contributed by atoms with Crippen LogP contribution in [0.25, 0.3) is 0 Å². The SMILES string of the molecule is COCCP(O)(O)(O)CCOC. The van der Waals surface area contributed by atoms with Crippen LogP contribution in [0, 0.1) is 0 Å². The molecule has 0 unspecified atom stereocenters. The minimum atomic E-state index is -4.46. The van der Waals surface area contributed by atoms with E-state index in [1.807, 2.05) is 0 Å². The molecule has 0 aromatic rings. The van der Waals surface area contributed by atoms with Crippen LogP contribution < -0.4 is 0 Å². The van der Waals surface area contributed by atoms with Gasteiger partial charge in [-0.25, -0.2) is 0 Å². The molecule has 0 aliphatic carbocycles. The van der Waals surface area contributed by atoms with E-state index in [9.17, 15) is 14.7 Å². The minimum absolute atomic E-state index is 0.130. The van der Waals surface area contributed by atoms with Crippen LogP contribution in [0.4, 0.5) is 0 Å². The Balaban J connectivity index is 3.90. The standard InChI is InChI=1S/C6H17O5P/c1-10-3-5-12(7,8,9)6-4-11-2/h7-9H,3-6H2,1-2H3. The Labute approximate surface area is 72.1 Å². The predicted molar refractivity (Wildman–Crippen MR) is 47.1 cm³/mol. The summed E-state index contributed by atoms with van der Waals surface area (Å²) >= 11 is 0. The van der Waals surface area contributed by atoms with Gasteiger partial charge in [0.15, 0.2) is 0 Å². The molecule has 0 aromatic heterocycles. The van der Waals surface area contributed by atoms with Crippen molar-refractivity contribution in [2.45, 2.75) is 0 Å². The van der Waals surface area contributed by atoms with Crippen LogP contribution in [-0.2, 0) is 9.47 Å². The molecule has 0 saturated heterocycles. The Hall–Kier alpha value is 0.230. The monoisotopic (exact) mass is 200 g/mol.